The fraction of sp³-hybridized carbons (Fsp3) is 0.118. The van der Waals surface area contributed by atoms with Gasteiger partial charge >= 0.3 is 6.18 Å². The summed E-state index contributed by atoms with van der Waals surface area (Å²) in [5.74, 6) is 0.271. The van der Waals surface area contributed by atoms with E-state index in [1.807, 2.05) is 0 Å². The summed E-state index contributed by atoms with van der Waals surface area (Å²) >= 11 is 0. The minimum Gasteiger partial charge on any atom is -0.360 e. The van der Waals surface area contributed by atoms with Crippen LogP contribution in [0.3, 0.4) is 0 Å². The van der Waals surface area contributed by atoms with Gasteiger partial charge in [-0.25, -0.2) is 4.98 Å². The van der Waals surface area contributed by atoms with Crippen LogP contribution >= 0.6 is 0 Å². The molecule has 3 aromatic rings. The Labute approximate surface area is 146 Å². The van der Waals surface area contributed by atoms with Crippen molar-refractivity contribution in [2.24, 2.45) is 0 Å². The highest BCUT2D eigenvalue weighted by Crippen LogP contribution is 2.35. The van der Waals surface area contributed by atoms with E-state index < -0.39 is 17.6 Å². The fourth-order valence-electron chi connectivity index (χ4n) is 2.20. The number of aromatic nitrogens is 2. The lowest BCUT2D eigenvalue weighted by molar-refractivity contribution is -0.136. The van der Waals surface area contributed by atoms with Gasteiger partial charge in [0, 0.05) is 6.07 Å². The number of nitrogens with zero attached hydrogens (tertiary/aromatic N) is 2. The molecule has 0 aliphatic rings. The molecule has 26 heavy (non-hydrogen) atoms. The van der Waals surface area contributed by atoms with Gasteiger partial charge in [-0.2, -0.15) is 13.2 Å². The molecule has 0 fully saturated rings. The van der Waals surface area contributed by atoms with Crippen molar-refractivity contribution in [3.8, 4) is 0 Å². The molecule has 2 aromatic heterocycles. The van der Waals surface area contributed by atoms with Gasteiger partial charge in [-0.15, -0.1) is 0 Å². The Morgan fingerprint density at radius 1 is 1.15 bits per heavy atom. The number of amides is 1. The van der Waals surface area contributed by atoms with Gasteiger partial charge in [0.2, 0.25) is 0 Å². The highest BCUT2D eigenvalue weighted by atomic mass is 19.4. The molecule has 2 heterocycles. The molecule has 134 valence electrons. The number of para-hydroxylation sites is 1. The number of halogens is 3. The van der Waals surface area contributed by atoms with Gasteiger partial charge < -0.3 is 15.2 Å². The first-order valence-corrected chi connectivity index (χ1v) is 7.47. The summed E-state index contributed by atoms with van der Waals surface area (Å²) in [5, 5.41) is 8.79. The molecule has 0 radical (unpaired) electrons. The van der Waals surface area contributed by atoms with Gasteiger partial charge in [-0.3, -0.25) is 4.79 Å². The number of nitrogens with one attached hydrogen (secondary N) is 2. The van der Waals surface area contributed by atoms with Gasteiger partial charge in [0.25, 0.3) is 5.91 Å². The summed E-state index contributed by atoms with van der Waals surface area (Å²) in [6, 6.07) is 9.50. The van der Waals surface area contributed by atoms with E-state index in [0.29, 0.717) is 11.4 Å². The van der Waals surface area contributed by atoms with E-state index in [1.165, 1.54) is 36.5 Å². The topological polar surface area (TPSA) is 80.0 Å². The van der Waals surface area contributed by atoms with Crippen LogP contribution in [-0.4, -0.2) is 16.0 Å². The number of aryl methyl sites for hydroxylation is 1. The molecular formula is C17H13F3N4O2. The van der Waals surface area contributed by atoms with Gasteiger partial charge in [-0.05, 0) is 31.2 Å². The van der Waals surface area contributed by atoms with Crippen molar-refractivity contribution in [3.63, 3.8) is 0 Å². The molecule has 0 aliphatic heterocycles. The SMILES string of the molecule is Cc1cc(NC(=O)c2ccc(Nc3ccccc3C(F)(F)F)cn2)no1. The quantitative estimate of drug-likeness (QED) is 0.719. The van der Waals surface area contributed by atoms with Gasteiger partial charge in [0.05, 0.1) is 23.1 Å². The zero-order valence-electron chi connectivity index (χ0n) is 13.5. The molecule has 0 spiro atoms. The summed E-state index contributed by atoms with van der Waals surface area (Å²) in [7, 11) is 0. The number of hydrogen-bond acceptors (Lipinski definition) is 5. The Kier molecular flexibility index (Phi) is 4.61. The first-order valence-electron chi connectivity index (χ1n) is 7.47. The van der Waals surface area contributed by atoms with E-state index in [2.05, 4.69) is 20.8 Å². The maximum absolute atomic E-state index is 13.0. The minimum atomic E-state index is -4.48. The number of pyridine rings is 1. The van der Waals surface area contributed by atoms with E-state index in [4.69, 9.17) is 4.52 Å². The number of anilines is 3. The average molecular weight is 362 g/mol. The standard InChI is InChI=1S/C17H13F3N4O2/c1-10-8-15(24-26-10)23-16(25)14-7-6-11(9-21-14)22-13-5-3-2-4-12(13)17(18,19)20/h2-9,22H,1H3,(H,23,24,25). The third-order valence-electron chi connectivity index (χ3n) is 3.38. The lowest BCUT2D eigenvalue weighted by Crippen LogP contribution is -2.14. The Balaban J connectivity index is 1.73. The van der Waals surface area contributed by atoms with Crippen LogP contribution < -0.4 is 10.6 Å². The third-order valence-corrected chi connectivity index (χ3v) is 3.38. The summed E-state index contributed by atoms with van der Waals surface area (Å²) < 4.78 is 43.9. The van der Waals surface area contributed by atoms with E-state index in [-0.39, 0.29) is 17.2 Å². The molecule has 2 N–H and O–H groups in total. The van der Waals surface area contributed by atoms with Gasteiger partial charge in [-0.1, -0.05) is 17.3 Å². The van der Waals surface area contributed by atoms with Crippen molar-refractivity contribution < 1.29 is 22.5 Å². The van der Waals surface area contributed by atoms with E-state index in [9.17, 15) is 18.0 Å². The summed E-state index contributed by atoms with van der Waals surface area (Å²) in [5.41, 5.74) is -0.490. The van der Waals surface area contributed by atoms with Crippen molar-refractivity contribution in [2.45, 2.75) is 13.1 Å². The maximum Gasteiger partial charge on any atom is 0.418 e. The lowest BCUT2D eigenvalue weighted by atomic mass is 10.1. The Hall–Kier alpha value is -3.36. The number of hydrogen-bond donors (Lipinski definition) is 2. The predicted octanol–water partition coefficient (Wildman–Crippen LogP) is 4.39. The molecule has 1 amide bonds. The largest absolute Gasteiger partial charge is 0.418 e. The maximum atomic E-state index is 13.0. The second kappa shape index (κ2) is 6.87. The second-order valence-corrected chi connectivity index (χ2v) is 5.38. The molecule has 0 saturated carbocycles. The van der Waals surface area contributed by atoms with E-state index in [1.54, 1.807) is 13.0 Å². The zero-order chi connectivity index (χ0) is 18.7. The molecule has 0 aliphatic carbocycles. The van der Waals surface area contributed by atoms with E-state index in [0.717, 1.165) is 6.07 Å². The molecule has 0 unspecified atom stereocenters. The summed E-state index contributed by atoms with van der Waals surface area (Å²) in [6.45, 7) is 1.68. The number of benzene rings is 1. The molecule has 0 bridgehead atoms. The second-order valence-electron chi connectivity index (χ2n) is 5.38. The number of carbonyl (C=O) groups excluding carboxylic acids is 1. The highest BCUT2D eigenvalue weighted by Gasteiger charge is 2.33. The van der Waals surface area contributed by atoms with Crippen LogP contribution in [0.1, 0.15) is 21.8 Å². The van der Waals surface area contributed by atoms with Gasteiger partial charge in [0.15, 0.2) is 5.82 Å². The number of rotatable bonds is 4. The Morgan fingerprint density at radius 3 is 2.54 bits per heavy atom. The highest BCUT2D eigenvalue weighted by molar-refractivity contribution is 6.02. The first kappa shape index (κ1) is 17.5. The molecule has 9 heteroatoms. The van der Waals surface area contributed by atoms with Crippen LogP contribution in [0.15, 0.2) is 53.2 Å². The van der Waals surface area contributed by atoms with Crippen LogP contribution in [0.4, 0.5) is 30.4 Å². The van der Waals surface area contributed by atoms with E-state index >= 15 is 0 Å². The number of carbonyl (C=O) groups is 1. The third kappa shape index (κ3) is 4.00. The van der Waals surface area contributed by atoms with Crippen molar-refractivity contribution in [2.75, 3.05) is 10.6 Å². The molecule has 1 aromatic carbocycles. The zero-order valence-corrected chi connectivity index (χ0v) is 13.5. The van der Waals surface area contributed by atoms with Crippen LogP contribution in [0, 0.1) is 6.92 Å². The first-order chi connectivity index (χ1) is 12.3. The summed E-state index contributed by atoms with van der Waals surface area (Å²) in [4.78, 5) is 16.0. The Bertz CT molecular complexity index is 920. The van der Waals surface area contributed by atoms with Crippen molar-refractivity contribution >= 4 is 23.1 Å². The molecule has 3 rings (SSSR count). The number of alkyl halides is 3. The van der Waals surface area contributed by atoms with Crippen molar-refractivity contribution in [3.05, 3.63) is 65.7 Å². The summed E-state index contributed by atoms with van der Waals surface area (Å²) in [6.07, 6.45) is -3.21. The molecule has 0 saturated heterocycles. The average Bonchev–Trinajstić information content (AvgIpc) is 3.00. The van der Waals surface area contributed by atoms with Crippen molar-refractivity contribution in [1.29, 1.82) is 0 Å². The molecule has 0 atom stereocenters. The molecule has 6 nitrogen and oxygen atoms in total. The van der Waals surface area contributed by atoms with Crippen LogP contribution in [0.5, 0.6) is 0 Å². The Morgan fingerprint density at radius 2 is 1.92 bits per heavy atom. The van der Waals surface area contributed by atoms with Crippen LogP contribution in [0.2, 0.25) is 0 Å². The minimum absolute atomic E-state index is 0.0836. The molecular weight excluding hydrogens is 349 g/mol. The normalized spacial score (nSPS) is 11.2. The van der Waals surface area contributed by atoms with Crippen molar-refractivity contribution in [1.82, 2.24) is 10.1 Å². The smallest absolute Gasteiger partial charge is 0.360 e. The lowest BCUT2D eigenvalue weighted by Gasteiger charge is -2.14. The van der Waals surface area contributed by atoms with Crippen LogP contribution in [0.25, 0.3) is 0 Å². The van der Waals surface area contributed by atoms with Gasteiger partial charge in [0.1, 0.15) is 11.5 Å². The van der Waals surface area contributed by atoms with Crippen LogP contribution in [-0.2, 0) is 6.18 Å². The fourth-order valence-corrected chi connectivity index (χ4v) is 2.20. The predicted molar refractivity (Wildman–Crippen MR) is 88.2 cm³/mol. The monoisotopic (exact) mass is 362 g/mol.